The highest BCUT2D eigenvalue weighted by Gasteiger charge is 2.08. The Balaban J connectivity index is 2.20. The Morgan fingerprint density at radius 2 is 1.75 bits per heavy atom. The lowest BCUT2D eigenvalue weighted by atomic mass is 10.2. The van der Waals surface area contributed by atoms with Crippen LogP contribution in [-0.2, 0) is 0 Å². The molecule has 0 bridgehead atoms. The zero-order valence-electron chi connectivity index (χ0n) is 11.1. The monoisotopic (exact) mass is 307 g/mol. The van der Waals surface area contributed by atoms with E-state index < -0.39 is 0 Å². The number of halogens is 2. The van der Waals surface area contributed by atoms with Crippen molar-refractivity contribution < 1.29 is 4.74 Å². The van der Waals surface area contributed by atoms with Gasteiger partial charge in [-0.2, -0.15) is 0 Å². The van der Waals surface area contributed by atoms with Crippen molar-refractivity contribution >= 4 is 35.1 Å². The first-order chi connectivity index (χ1) is 9.70. The number of benzene rings is 2. The van der Waals surface area contributed by atoms with Crippen molar-refractivity contribution in [3.8, 4) is 5.75 Å². The molecular formula is C16H15Cl2NO. The summed E-state index contributed by atoms with van der Waals surface area (Å²) < 4.78 is 5.53. The van der Waals surface area contributed by atoms with E-state index in [1.807, 2.05) is 37.3 Å². The Kier molecular flexibility index (Phi) is 5.45. The fraction of sp³-hybridized carbons (Fsp3) is 0.188. The smallest absolute Gasteiger partial charge is 0.156 e. The van der Waals surface area contributed by atoms with Crippen molar-refractivity contribution in [2.45, 2.75) is 13.3 Å². The molecule has 0 saturated carbocycles. The minimum Gasteiger partial charge on any atom is -0.490 e. The van der Waals surface area contributed by atoms with Crippen LogP contribution in [0.25, 0.3) is 0 Å². The van der Waals surface area contributed by atoms with Crippen molar-refractivity contribution in [3.05, 3.63) is 58.1 Å². The fourth-order valence-corrected chi connectivity index (χ4v) is 2.27. The van der Waals surface area contributed by atoms with E-state index >= 15 is 0 Å². The molecule has 4 heteroatoms. The van der Waals surface area contributed by atoms with E-state index in [0.29, 0.717) is 22.4 Å². The molecule has 20 heavy (non-hydrogen) atoms. The maximum atomic E-state index is 6.18. The highest BCUT2D eigenvalue weighted by Crippen LogP contribution is 2.34. The molecule has 2 aromatic carbocycles. The highest BCUT2D eigenvalue weighted by molar-refractivity contribution is 6.37. The van der Waals surface area contributed by atoms with Gasteiger partial charge in [0.2, 0.25) is 0 Å². The third-order valence-corrected chi connectivity index (χ3v) is 3.15. The second-order valence-electron chi connectivity index (χ2n) is 4.26. The molecule has 0 aliphatic carbocycles. The largest absolute Gasteiger partial charge is 0.490 e. The third kappa shape index (κ3) is 3.99. The van der Waals surface area contributed by atoms with Gasteiger partial charge in [0.05, 0.1) is 22.3 Å². The number of nitrogens with zero attached hydrogens (tertiary/aromatic N) is 1. The van der Waals surface area contributed by atoms with E-state index in [9.17, 15) is 0 Å². The predicted molar refractivity (Wildman–Crippen MR) is 85.9 cm³/mol. The molecule has 0 atom stereocenters. The van der Waals surface area contributed by atoms with Crippen LogP contribution in [0.4, 0.5) is 5.69 Å². The molecule has 0 N–H and O–H groups in total. The normalized spacial score (nSPS) is 10.9. The first-order valence-electron chi connectivity index (χ1n) is 6.41. The summed E-state index contributed by atoms with van der Waals surface area (Å²) in [4.78, 5) is 4.37. The first-order valence-corrected chi connectivity index (χ1v) is 7.17. The van der Waals surface area contributed by atoms with Gasteiger partial charge in [-0.25, -0.2) is 0 Å². The second-order valence-corrected chi connectivity index (χ2v) is 5.07. The van der Waals surface area contributed by atoms with E-state index in [1.54, 1.807) is 18.3 Å². The summed E-state index contributed by atoms with van der Waals surface area (Å²) >= 11 is 12.4. The van der Waals surface area contributed by atoms with Gasteiger partial charge in [0.25, 0.3) is 0 Å². The summed E-state index contributed by atoms with van der Waals surface area (Å²) in [6.07, 6.45) is 2.64. The van der Waals surface area contributed by atoms with Crippen LogP contribution < -0.4 is 4.74 Å². The van der Waals surface area contributed by atoms with Gasteiger partial charge in [-0.15, -0.1) is 0 Å². The van der Waals surface area contributed by atoms with Crippen molar-refractivity contribution in [2.24, 2.45) is 4.99 Å². The van der Waals surface area contributed by atoms with Crippen LogP contribution >= 0.6 is 23.2 Å². The molecule has 0 aromatic heterocycles. The number of ether oxygens (including phenoxy) is 1. The number of hydrogen-bond acceptors (Lipinski definition) is 2. The summed E-state index contributed by atoms with van der Waals surface area (Å²) in [6, 6.07) is 13.3. The Hall–Kier alpha value is -1.51. The van der Waals surface area contributed by atoms with E-state index in [4.69, 9.17) is 27.9 Å². The van der Waals surface area contributed by atoms with Crippen molar-refractivity contribution in [2.75, 3.05) is 6.61 Å². The molecule has 104 valence electrons. The molecule has 0 amide bonds. The molecule has 2 rings (SSSR count). The highest BCUT2D eigenvalue weighted by atomic mass is 35.5. The Morgan fingerprint density at radius 3 is 2.35 bits per heavy atom. The topological polar surface area (TPSA) is 21.6 Å². The maximum Gasteiger partial charge on any atom is 0.156 e. The minimum absolute atomic E-state index is 0.500. The molecule has 0 heterocycles. The summed E-state index contributed by atoms with van der Waals surface area (Å²) in [7, 11) is 0. The fourth-order valence-electron chi connectivity index (χ4n) is 1.66. The lowest BCUT2D eigenvalue weighted by Crippen LogP contribution is -1.97. The van der Waals surface area contributed by atoms with Gasteiger partial charge in [-0.3, -0.25) is 4.99 Å². The van der Waals surface area contributed by atoms with Crippen LogP contribution in [0.2, 0.25) is 10.0 Å². The SMILES string of the molecule is CCCOc1c(Cl)cc(C=Nc2ccccc2)cc1Cl. The molecule has 0 spiro atoms. The molecule has 0 saturated heterocycles. The van der Waals surface area contributed by atoms with Gasteiger partial charge in [0, 0.05) is 6.21 Å². The average Bonchev–Trinajstić information content (AvgIpc) is 2.45. The van der Waals surface area contributed by atoms with Gasteiger partial charge in [-0.05, 0) is 36.2 Å². The van der Waals surface area contributed by atoms with Crippen molar-refractivity contribution in [1.82, 2.24) is 0 Å². The summed E-state index contributed by atoms with van der Waals surface area (Å²) in [5.41, 5.74) is 1.72. The average molecular weight is 308 g/mol. The van der Waals surface area contributed by atoms with E-state index in [1.165, 1.54) is 0 Å². The number of para-hydroxylation sites is 1. The van der Waals surface area contributed by atoms with Crippen LogP contribution in [0.15, 0.2) is 47.5 Å². The van der Waals surface area contributed by atoms with Gasteiger partial charge in [0.1, 0.15) is 0 Å². The van der Waals surface area contributed by atoms with E-state index in [2.05, 4.69) is 4.99 Å². The number of aliphatic imine (C=N–C) groups is 1. The van der Waals surface area contributed by atoms with Gasteiger partial charge in [0.15, 0.2) is 5.75 Å². The molecular weight excluding hydrogens is 293 g/mol. The molecule has 0 fully saturated rings. The summed E-state index contributed by atoms with van der Waals surface area (Å²) in [5, 5.41) is 1.00. The Labute approximate surface area is 129 Å². The molecule has 0 aliphatic rings. The van der Waals surface area contributed by atoms with E-state index in [0.717, 1.165) is 17.7 Å². The molecule has 0 aliphatic heterocycles. The molecule has 0 radical (unpaired) electrons. The second kappa shape index (κ2) is 7.32. The van der Waals surface area contributed by atoms with E-state index in [-0.39, 0.29) is 0 Å². The van der Waals surface area contributed by atoms with Crippen molar-refractivity contribution in [3.63, 3.8) is 0 Å². The number of hydrogen-bond donors (Lipinski definition) is 0. The summed E-state index contributed by atoms with van der Waals surface area (Å²) in [6.45, 7) is 2.62. The van der Waals surface area contributed by atoms with Gasteiger partial charge >= 0.3 is 0 Å². The Bertz CT molecular complexity index is 574. The van der Waals surface area contributed by atoms with Crippen molar-refractivity contribution in [1.29, 1.82) is 0 Å². The first kappa shape index (κ1) is 14.9. The Morgan fingerprint density at radius 1 is 1.10 bits per heavy atom. The predicted octanol–water partition coefficient (Wildman–Crippen LogP) is 5.53. The maximum absolute atomic E-state index is 6.18. The zero-order valence-corrected chi connectivity index (χ0v) is 12.7. The van der Waals surface area contributed by atoms with Gasteiger partial charge < -0.3 is 4.74 Å². The van der Waals surface area contributed by atoms with Crippen LogP contribution in [-0.4, -0.2) is 12.8 Å². The summed E-state index contributed by atoms with van der Waals surface area (Å²) in [5.74, 6) is 0.534. The van der Waals surface area contributed by atoms with Crippen LogP contribution in [0.5, 0.6) is 5.75 Å². The molecule has 0 unspecified atom stereocenters. The van der Waals surface area contributed by atoms with Crippen LogP contribution in [0, 0.1) is 0 Å². The standard InChI is InChI=1S/C16H15Cl2NO/c1-2-8-20-16-14(17)9-12(10-15(16)18)11-19-13-6-4-3-5-7-13/h3-7,9-11H,2,8H2,1H3. The quantitative estimate of drug-likeness (QED) is 0.665. The zero-order chi connectivity index (χ0) is 14.4. The molecule has 2 aromatic rings. The van der Waals surface area contributed by atoms with Crippen LogP contribution in [0.1, 0.15) is 18.9 Å². The lowest BCUT2D eigenvalue weighted by Gasteiger charge is -2.09. The third-order valence-electron chi connectivity index (χ3n) is 2.59. The van der Waals surface area contributed by atoms with Crippen LogP contribution in [0.3, 0.4) is 0 Å². The van der Waals surface area contributed by atoms with Gasteiger partial charge in [-0.1, -0.05) is 48.3 Å². The minimum atomic E-state index is 0.500. The number of rotatable bonds is 5. The molecule has 2 nitrogen and oxygen atoms in total. The lowest BCUT2D eigenvalue weighted by molar-refractivity contribution is 0.318.